The van der Waals surface area contributed by atoms with Gasteiger partial charge in [-0.15, -0.1) is 35.7 Å². The van der Waals surface area contributed by atoms with E-state index in [9.17, 15) is 8.42 Å². The highest BCUT2D eigenvalue weighted by molar-refractivity contribution is 14.0. The van der Waals surface area contributed by atoms with Crippen molar-refractivity contribution < 1.29 is 8.42 Å². The summed E-state index contributed by atoms with van der Waals surface area (Å²) in [6.07, 6.45) is 1.93. The van der Waals surface area contributed by atoms with Crippen molar-refractivity contribution in [3.8, 4) is 0 Å². The molecule has 0 bridgehead atoms. The largest absolute Gasteiger partial charge is 0.357 e. The van der Waals surface area contributed by atoms with Crippen LogP contribution in [-0.2, 0) is 16.4 Å². The summed E-state index contributed by atoms with van der Waals surface area (Å²) in [5.74, 6) is 2.74. The van der Waals surface area contributed by atoms with Gasteiger partial charge in [0, 0.05) is 36.8 Å². The Labute approximate surface area is 207 Å². The second kappa shape index (κ2) is 12.7. The molecule has 0 amide bonds. The first kappa shape index (κ1) is 26.0. The normalized spacial score (nSPS) is 16.8. The van der Waals surface area contributed by atoms with Gasteiger partial charge < -0.3 is 10.2 Å². The van der Waals surface area contributed by atoms with E-state index in [0.717, 1.165) is 43.3 Å². The molecular weight excluding hydrogens is 543 g/mol. The zero-order valence-corrected chi connectivity index (χ0v) is 21.7. The number of nitrogens with zero attached hydrogens (tertiary/aromatic N) is 2. The second-order valence-electron chi connectivity index (χ2n) is 7.40. The van der Waals surface area contributed by atoms with Gasteiger partial charge in [0.25, 0.3) is 0 Å². The van der Waals surface area contributed by atoms with Crippen LogP contribution in [0.4, 0.5) is 0 Å². The number of rotatable bonds is 8. The molecule has 0 spiro atoms. The predicted octanol–water partition coefficient (Wildman–Crippen LogP) is 3.57. The Morgan fingerprint density at radius 2 is 1.90 bits per heavy atom. The molecule has 31 heavy (non-hydrogen) atoms. The lowest BCUT2D eigenvalue weighted by Gasteiger charge is -2.21. The van der Waals surface area contributed by atoms with Gasteiger partial charge in [0.15, 0.2) is 5.96 Å². The Morgan fingerprint density at radius 3 is 2.55 bits per heavy atom. The second-order valence-corrected chi connectivity index (χ2v) is 10.1. The van der Waals surface area contributed by atoms with E-state index in [2.05, 4.69) is 47.5 Å². The van der Waals surface area contributed by atoms with E-state index >= 15 is 0 Å². The number of nitrogens with one attached hydrogen (secondary N) is 1. The number of hydrogen-bond acceptors (Lipinski definition) is 4. The number of hydrogen-bond donors (Lipinski definition) is 2. The molecule has 9 heteroatoms. The maximum atomic E-state index is 11.4. The summed E-state index contributed by atoms with van der Waals surface area (Å²) in [6, 6.07) is 17.3. The Morgan fingerprint density at radius 1 is 1.19 bits per heavy atom. The van der Waals surface area contributed by atoms with Crippen molar-refractivity contribution >= 4 is 51.7 Å². The van der Waals surface area contributed by atoms with Crippen LogP contribution in [0.25, 0.3) is 0 Å². The molecule has 1 atom stereocenters. The van der Waals surface area contributed by atoms with Gasteiger partial charge in [0.2, 0.25) is 10.0 Å². The summed E-state index contributed by atoms with van der Waals surface area (Å²) >= 11 is 1.92. The predicted molar refractivity (Wildman–Crippen MR) is 140 cm³/mol. The van der Waals surface area contributed by atoms with Gasteiger partial charge >= 0.3 is 0 Å². The van der Waals surface area contributed by atoms with E-state index in [4.69, 9.17) is 10.1 Å². The summed E-state index contributed by atoms with van der Waals surface area (Å²) in [5, 5.41) is 8.56. The average Bonchev–Trinajstić information content (AvgIpc) is 3.21. The Balaban J connectivity index is 0.00000341. The van der Waals surface area contributed by atoms with Crippen LogP contribution in [0.3, 0.4) is 0 Å². The summed E-state index contributed by atoms with van der Waals surface area (Å²) in [6.45, 7) is 5.61. The summed E-state index contributed by atoms with van der Waals surface area (Å²) < 4.78 is 22.7. The highest BCUT2D eigenvalue weighted by atomic mass is 127. The minimum Gasteiger partial charge on any atom is -0.357 e. The third-order valence-corrected chi connectivity index (χ3v) is 7.24. The number of guanidine groups is 1. The SMILES string of the molecule is CCNC(=NCCc1ccc(S(N)(=O)=O)cc1)N1CCC(CSc2ccccc2)C1.I. The number of aliphatic imine (C=N–C) groups is 1. The molecule has 3 rings (SSSR count). The molecule has 2 aromatic carbocycles. The first-order chi connectivity index (χ1) is 14.5. The molecular formula is C22H31IN4O2S2. The van der Waals surface area contributed by atoms with Gasteiger partial charge in [-0.05, 0) is 55.5 Å². The molecule has 6 nitrogen and oxygen atoms in total. The van der Waals surface area contributed by atoms with Crippen molar-refractivity contribution in [1.29, 1.82) is 0 Å². The molecule has 1 aliphatic rings. The van der Waals surface area contributed by atoms with Crippen LogP contribution in [0.15, 0.2) is 69.4 Å². The van der Waals surface area contributed by atoms with Crippen LogP contribution in [0, 0.1) is 5.92 Å². The number of nitrogens with two attached hydrogens (primary N) is 1. The fourth-order valence-electron chi connectivity index (χ4n) is 3.45. The monoisotopic (exact) mass is 574 g/mol. The van der Waals surface area contributed by atoms with Crippen molar-refractivity contribution in [3.05, 3.63) is 60.2 Å². The number of likely N-dealkylation sites (tertiary alicyclic amines) is 1. The highest BCUT2D eigenvalue weighted by Crippen LogP contribution is 2.25. The molecule has 0 saturated carbocycles. The number of primary sulfonamides is 1. The Bertz CT molecular complexity index is 938. The summed E-state index contributed by atoms with van der Waals surface area (Å²) in [4.78, 5) is 8.61. The highest BCUT2D eigenvalue weighted by Gasteiger charge is 2.24. The molecule has 0 radical (unpaired) electrons. The van der Waals surface area contributed by atoms with E-state index < -0.39 is 10.0 Å². The molecule has 170 valence electrons. The fraction of sp³-hybridized carbons (Fsp3) is 0.409. The maximum Gasteiger partial charge on any atom is 0.238 e. The van der Waals surface area contributed by atoms with E-state index in [1.807, 2.05) is 11.8 Å². The average molecular weight is 575 g/mol. The lowest BCUT2D eigenvalue weighted by Crippen LogP contribution is -2.40. The van der Waals surface area contributed by atoms with Crippen LogP contribution in [0.1, 0.15) is 18.9 Å². The van der Waals surface area contributed by atoms with Crippen LogP contribution in [0.5, 0.6) is 0 Å². The Kier molecular flexibility index (Phi) is 10.6. The van der Waals surface area contributed by atoms with Crippen molar-refractivity contribution in [3.63, 3.8) is 0 Å². The molecule has 1 saturated heterocycles. The third-order valence-electron chi connectivity index (χ3n) is 5.06. The van der Waals surface area contributed by atoms with E-state index in [0.29, 0.717) is 12.5 Å². The first-order valence-corrected chi connectivity index (χ1v) is 12.8. The summed E-state index contributed by atoms with van der Waals surface area (Å²) in [5.41, 5.74) is 1.04. The van der Waals surface area contributed by atoms with Gasteiger partial charge in [0.05, 0.1) is 4.90 Å². The maximum absolute atomic E-state index is 11.4. The van der Waals surface area contributed by atoms with E-state index in [1.165, 1.54) is 11.3 Å². The fourth-order valence-corrected chi connectivity index (χ4v) is 5.02. The zero-order valence-electron chi connectivity index (χ0n) is 17.7. The van der Waals surface area contributed by atoms with Crippen LogP contribution in [-0.4, -0.2) is 51.2 Å². The summed E-state index contributed by atoms with van der Waals surface area (Å²) in [7, 11) is -3.65. The van der Waals surface area contributed by atoms with Crippen molar-refractivity contribution in [2.45, 2.75) is 29.6 Å². The van der Waals surface area contributed by atoms with Gasteiger partial charge in [-0.2, -0.15) is 0 Å². The molecule has 3 N–H and O–H groups in total. The van der Waals surface area contributed by atoms with Gasteiger partial charge in [-0.25, -0.2) is 13.6 Å². The van der Waals surface area contributed by atoms with E-state index in [-0.39, 0.29) is 28.9 Å². The third kappa shape index (κ3) is 8.28. The van der Waals surface area contributed by atoms with Gasteiger partial charge in [-0.1, -0.05) is 30.3 Å². The standard InChI is InChI=1S/C22H30N4O2S2.HI/c1-2-24-22(25-14-12-18-8-10-21(11-9-18)30(23,27)28)26-15-13-19(16-26)17-29-20-6-4-3-5-7-20;/h3-11,19H,2,12-17H2,1H3,(H,24,25)(H2,23,27,28);1H. The lowest BCUT2D eigenvalue weighted by molar-refractivity contribution is 0.474. The smallest absolute Gasteiger partial charge is 0.238 e. The van der Waals surface area contributed by atoms with Crippen LogP contribution in [0.2, 0.25) is 0 Å². The molecule has 1 fully saturated rings. The zero-order chi connectivity index (χ0) is 21.4. The molecule has 0 aliphatic carbocycles. The number of thioether (sulfide) groups is 1. The molecule has 2 aromatic rings. The molecule has 0 aromatic heterocycles. The van der Waals surface area contributed by atoms with Gasteiger partial charge in [0.1, 0.15) is 0 Å². The Hall–Kier alpha value is -1.30. The lowest BCUT2D eigenvalue weighted by atomic mass is 10.1. The van der Waals surface area contributed by atoms with Crippen molar-refractivity contribution in [1.82, 2.24) is 10.2 Å². The molecule has 1 aliphatic heterocycles. The minimum atomic E-state index is -3.65. The number of benzene rings is 2. The van der Waals surface area contributed by atoms with E-state index in [1.54, 1.807) is 24.3 Å². The minimum absolute atomic E-state index is 0. The number of sulfonamides is 1. The van der Waals surface area contributed by atoms with Crippen LogP contribution >= 0.6 is 35.7 Å². The van der Waals surface area contributed by atoms with Crippen LogP contribution < -0.4 is 10.5 Å². The number of halogens is 1. The van der Waals surface area contributed by atoms with Crippen molar-refractivity contribution in [2.75, 3.05) is 31.9 Å². The van der Waals surface area contributed by atoms with Gasteiger partial charge in [-0.3, -0.25) is 4.99 Å². The van der Waals surface area contributed by atoms with Crippen molar-refractivity contribution in [2.24, 2.45) is 16.0 Å². The molecule has 1 unspecified atom stereocenters. The topological polar surface area (TPSA) is 87.8 Å². The first-order valence-electron chi connectivity index (χ1n) is 10.3. The molecule has 1 heterocycles. The quantitative estimate of drug-likeness (QED) is 0.218.